The van der Waals surface area contributed by atoms with E-state index in [-0.39, 0.29) is 31.8 Å². The van der Waals surface area contributed by atoms with Gasteiger partial charge in [-0.2, -0.15) is 0 Å². The summed E-state index contributed by atoms with van der Waals surface area (Å²) in [7, 11) is 0. The second kappa shape index (κ2) is 17.7. The van der Waals surface area contributed by atoms with E-state index in [0.29, 0.717) is 31.4 Å². The number of amides is 3. The fourth-order valence-corrected chi connectivity index (χ4v) is 3.66. The van der Waals surface area contributed by atoms with E-state index >= 15 is 0 Å². The summed E-state index contributed by atoms with van der Waals surface area (Å²) in [6, 6.07) is 3.97. The lowest BCUT2D eigenvalue weighted by Gasteiger charge is -2.26. The maximum absolute atomic E-state index is 13.2. The van der Waals surface area contributed by atoms with Gasteiger partial charge < -0.3 is 49.1 Å². The SMILES string of the molecule is CC(O)C(NC(=O)C(N)CCCCN)C(=O)NC(Cc1ccccc1)C(=O)NC(CCCN=C(N)N)C(=O)O. The number of aliphatic hydroxyl groups excluding tert-OH is 1. The van der Waals surface area contributed by atoms with Crippen molar-refractivity contribution in [2.75, 3.05) is 13.1 Å². The molecular weight excluding hydrogens is 508 g/mol. The molecule has 14 heteroatoms. The van der Waals surface area contributed by atoms with E-state index in [1.807, 2.05) is 0 Å². The average Bonchev–Trinajstić information content (AvgIpc) is 2.88. The molecule has 0 aliphatic heterocycles. The Labute approximate surface area is 228 Å². The predicted molar refractivity (Wildman–Crippen MR) is 146 cm³/mol. The fourth-order valence-electron chi connectivity index (χ4n) is 3.66. The van der Waals surface area contributed by atoms with E-state index in [4.69, 9.17) is 22.9 Å². The van der Waals surface area contributed by atoms with Crippen molar-refractivity contribution < 1.29 is 29.4 Å². The van der Waals surface area contributed by atoms with Crippen LogP contribution in [0, 0.1) is 0 Å². The Morgan fingerprint density at radius 3 is 2.10 bits per heavy atom. The Morgan fingerprint density at radius 2 is 1.54 bits per heavy atom. The van der Waals surface area contributed by atoms with Gasteiger partial charge in [0.2, 0.25) is 17.7 Å². The first kappa shape index (κ1) is 33.3. The number of nitrogens with zero attached hydrogens (tertiary/aromatic N) is 1. The number of aliphatic carboxylic acids is 1. The van der Waals surface area contributed by atoms with Gasteiger partial charge in [0.1, 0.15) is 18.1 Å². The summed E-state index contributed by atoms with van der Waals surface area (Å²) in [6.45, 7) is 1.95. The van der Waals surface area contributed by atoms with Crippen LogP contribution >= 0.6 is 0 Å². The first-order chi connectivity index (χ1) is 18.5. The van der Waals surface area contributed by atoms with Crippen molar-refractivity contribution in [3.63, 3.8) is 0 Å². The molecule has 3 amide bonds. The molecule has 0 aliphatic rings. The van der Waals surface area contributed by atoms with Gasteiger partial charge in [-0.3, -0.25) is 19.4 Å². The normalized spacial score (nSPS) is 14.7. The van der Waals surface area contributed by atoms with Crippen LogP contribution < -0.4 is 38.9 Å². The van der Waals surface area contributed by atoms with E-state index in [9.17, 15) is 29.4 Å². The largest absolute Gasteiger partial charge is 0.480 e. The Balaban J connectivity index is 3.02. The van der Waals surface area contributed by atoms with Gasteiger partial charge in [-0.05, 0) is 44.7 Å². The number of carbonyl (C=O) groups is 4. The predicted octanol–water partition coefficient (Wildman–Crippen LogP) is -2.34. The van der Waals surface area contributed by atoms with Gasteiger partial charge in [-0.15, -0.1) is 0 Å². The third kappa shape index (κ3) is 13.0. The second-order valence-electron chi connectivity index (χ2n) is 9.22. The Morgan fingerprint density at radius 1 is 0.897 bits per heavy atom. The standard InChI is InChI=1S/C25H42N8O6/c1-15(34)20(33-21(35)17(27)10-5-6-12-26)23(37)32-19(14-16-8-3-2-4-9-16)22(36)31-18(24(38)39)11-7-13-30-25(28)29/h2-4,8-9,15,17-20,34H,5-7,10-14,26-27H2,1H3,(H,31,36)(H,32,37)(H,33,35)(H,38,39)(H4,28,29,30). The molecule has 0 saturated carbocycles. The van der Waals surface area contributed by atoms with Crippen molar-refractivity contribution in [3.8, 4) is 0 Å². The molecule has 1 aromatic rings. The molecule has 218 valence electrons. The van der Waals surface area contributed by atoms with E-state index in [1.165, 1.54) is 6.92 Å². The Hall–Kier alpha value is -3.75. The lowest BCUT2D eigenvalue weighted by Crippen LogP contribution is -2.60. The van der Waals surface area contributed by atoms with Crippen molar-refractivity contribution in [2.45, 2.75) is 75.7 Å². The molecule has 0 bridgehead atoms. The Kier molecular flexibility index (Phi) is 15.1. The van der Waals surface area contributed by atoms with Gasteiger partial charge in [-0.25, -0.2) is 4.79 Å². The molecule has 0 spiro atoms. The minimum atomic E-state index is -1.40. The van der Waals surface area contributed by atoms with Crippen LogP contribution in [0.3, 0.4) is 0 Å². The highest BCUT2D eigenvalue weighted by atomic mass is 16.4. The molecule has 13 N–H and O–H groups in total. The topological polar surface area (TPSA) is 261 Å². The summed E-state index contributed by atoms with van der Waals surface area (Å²) in [4.78, 5) is 54.4. The minimum absolute atomic E-state index is 0.0256. The number of unbranched alkanes of at least 4 members (excludes halogenated alkanes) is 1. The van der Waals surface area contributed by atoms with Crippen molar-refractivity contribution in [2.24, 2.45) is 27.9 Å². The molecule has 0 aromatic heterocycles. The van der Waals surface area contributed by atoms with Crippen molar-refractivity contribution >= 4 is 29.7 Å². The zero-order valence-corrected chi connectivity index (χ0v) is 22.2. The summed E-state index contributed by atoms with van der Waals surface area (Å²) >= 11 is 0. The van der Waals surface area contributed by atoms with Crippen LogP contribution in [-0.2, 0) is 25.6 Å². The van der Waals surface area contributed by atoms with Crippen LogP contribution in [0.1, 0.15) is 44.6 Å². The van der Waals surface area contributed by atoms with Crippen molar-refractivity contribution in [3.05, 3.63) is 35.9 Å². The molecule has 39 heavy (non-hydrogen) atoms. The summed E-state index contributed by atoms with van der Waals surface area (Å²) in [5.74, 6) is -3.62. The highest BCUT2D eigenvalue weighted by molar-refractivity contribution is 5.94. The quantitative estimate of drug-likeness (QED) is 0.0534. The molecular formula is C25H42N8O6. The summed E-state index contributed by atoms with van der Waals surface area (Å²) < 4.78 is 0. The van der Waals surface area contributed by atoms with Crippen LogP contribution in [0.4, 0.5) is 0 Å². The molecule has 5 atom stereocenters. The molecule has 1 rings (SSSR count). The van der Waals surface area contributed by atoms with Gasteiger partial charge in [-0.1, -0.05) is 36.8 Å². The number of benzene rings is 1. The third-order valence-electron chi connectivity index (χ3n) is 5.84. The number of carbonyl (C=O) groups excluding carboxylic acids is 3. The highest BCUT2D eigenvalue weighted by Crippen LogP contribution is 2.07. The maximum atomic E-state index is 13.2. The number of nitrogens with two attached hydrogens (primary N) is 4. The van der Waals surface area contributed by atoms with E-state index in [2.05, 4.69) is 20.9 Å². The molecule has 0 radical (unpaired) electrons. The van der Waals surface area contributed by atoms with Crippen molar-refractivity contribution in [1.82, 2.24) is 16.0 Å². The Bertz CT molecular complexity index is 955. The van der Waals surface area contributed by atoms with Crippen molar-refractivity contribution in [1.29, 1.82) is 0 Å². The zero-order valence-electron chi connectivity index (χ0n) is 22.2. The van der Waals surface area contributed by atoms with E-state index in [1.54, 1.807) is 30.3 Å². The number of carboxylic acids is 1. The van der Waals surface area contributed by atoms with Gasteiger partial charge in [0.25, 0.3) is 0 Å². The first-order valence-corrected chi connectivity index (χ1v) is 12.8. The molecule has 0 heterocycles. The highest BCUT2D eigenvalue weighted by Gasteiger charge is 2.32. The van der Waals surface area contributed by atoms with Gasteiger partial charge >= 0.3 is 5.97 Å². The molecule has 0 aliphatic carbocycles. The summed E-state index contributed by atoms with van der Waals surface area (Å²) in [6.07, 6.45) is 0.682. The summed E-state index contributed by atoms with van der Waals surface area (Å²) in [5.41, 5.74) is 22.6. The van der Waals surface area contributed by atoms with Gasteiger partial charge in [0.15, 0.2) is 5.96 Å². The molecule has 14 nitrogen and oxygen atoms in total. The number of hydrogen-bond donors (Lipinski definition) is 9. The fraction of sp³-hybridized carbons (Fsp3) is 0.560. The minimum Gasteiger partial charge on any atom is -0.480 e. The number of carboxylic acid groups (broad SMARTS) is 1. The van der Waals surface area contributed by atoms with Crippen LogP contribution in [0.25, 0.3) is 0 Å². The van der Waals surface area contributed by atoms with Crippen LogP contribution in [-0.4, -0.2) is 83.2 Å². The van der Waals surface area contributed by atoms with E-state index in [0.717, 1.165) is 0 Å². The van der Waals surface area contributed by atoms with Crippen LogP contribution in [0.2, 0.25) is 0 Å². The lowest BCUT2D eigenvalue weighted by molar-refractivity contribution is -0.142. The number of aliphatic imine (C=N–C) groups is 1. The number of guanidine groups is 1. The van der Waals surface area contributed by atoms with Gasteiger partial charge in [0, 0.05) is 13.0 Å². The number of rotatable bonds is 18. The molecule has 5 unspecified atom stereocenters. The zero-order chi connectivity index (χ0) is 29.4. The lowest BCUT2D eigenvalue weighted by atomic mass is 10.0. The molecule has 0 saturated heterocycles. The smallest absolute Gasteiger partial charge is 0.326 e. The van der Waals surface area contributed by atoms with Crippen LogP contribution in [0.5, 0.6) is 0 Å². The first-order valence-electron chi connectivity index (χ1n) is 12.8. The third-order valence-corrected chi connectivity index (χ3v) is 5.84. The molecule has 1 aromatic carbocycles. The van der Waals surface area contributed by atoms with Gasteiger partial charge in [0.05, 0.1) is 12.1 Å². The van der Waals surface area contributed by atoms with E-state index < -0.39 is 54.0 Å². The molecule has 0 fully saturated rings. The average molecular weight is 551 g/mol. The maximum Gasteiger partial charge on any atom is 0.326 e. The number of hydrogen-bond acceptors (Lipinski definition) is 8. The second-order valence-corrected chi connectivity index (χ2v) is 9.22. The monoisotopic (exact) mass is 550 g/mol. The number of nitrogens with one attached hydrogen (secondary N) is 3. The summed E-state index contributed by atoms with van der Waals surface area (Å²) in [5, 5.41) is 27.2. The van der Waals surface area contributed by atoms with Crippen LogP contribution in [0.15, 0.2) is 35.3 Å². The number of aliphatic hydroxyl groups is 1.